The first kappa shape index (κ1) is 20.8. The van der Waals surface area contributed by atoms with E-state index in [1.54, 1.807) is 13.0 Å². The van der Waals surface area contributed by atoms with Gasteiger partial charge in [-0.3, -0.25) is 14.9 Å². The molecule has 7 heteroatoms. The fraction of sp³-hybridized carbons (Fsp3) is 0.292. The summed E-state index contributed by atoms with van der Waals surface area (Å²) in [5.74, 6) is 0.892. The number of aromatic nitrogens is 1. The summed E-state index contributed by atoms with van der Waals surface area (Å²) < 4.78 is 5.05. The van der Waals surface area contributed by atoms with Gasteiger partial charge in [0.1, 0.15) is 11.8 Å². The summed E-state index contributed by atoms with van der Waals surface area (Å²) in [5.41, 5.74) is 1.58. The third-order valence-electron chi connectivity index (χ3n) is 5.48. The molecule has 1 aromatic heterocycles. The number of nitrogens with zero attached hydrogens (tertiary/aromatic N) is 2. The Morgan fingerprint density at radius 3 is 2.29 bits per heavy atom. The number of hydrogen-bond donors (Lipinski definition) is 2. The number of amides is 2. The van der Waals surface area contributed by atoms with E-state index in [-0.39, 0.29) is 17.9 Å². The van der Waals surface area contributed by atoms with Gasteiger partial charge in [0.25, 0.3) is 5.91 Å². The minimum Gasteiger partial charge on any atom is -0.360 e. The van der Waals surface area contributed by atoms with Crippen LogP contribution in [0.25, 0.3) is 0 Å². The second kappa shape index (κ2) is 9.57. The van der Waals surface area contributed by atoms with Crippen LogP contribution in [0.3, 0.4) is 0 Å². The molecule has 31 heavy (non-hydrogen) atoms. The van der Waals surface area contributed by atoms with Crippen molar-refractivity contribution in [3.8, 4) is 0 Å². The van der Waals surface area contributed by atoms with Crippen LogP contribution >= 0.6 is 0 Å². The Bertz CT molecular complexity index is 1010. The van der Waals surface area contributed by atoms with Crippen LogP contribution < -0.4 is 10.6 Å². The van der Waals surface area contributed by atoms with Crippen molar-refractivity contribution in [2.45, 2.75) is 31.8 Å². The van der Waals surface area contributed by atoms with Crippen molar-refractivity contribution in [3.05, 3.63) is 83.6 Å². The average Bonchev–Trinajstić information content (AvgIpc) is 3.23. The third-order valence-corrected chi connectivity index (χ3v) is 5.48. The largest absolute Gasteiger partial charge is 0.360 e. The quantitative estimate of drug-likeness (QED) is 0.639. The van der Waals surface area contributed by atoms with Crippen molar-refractivity contribution in [3.63, 3.8) is 0 Å². The lowest BCUT2D eigenvalue weighted by atomic mass is 9.99. The van der Waals surface area contributed by atoms with Crippen LogP contribution in [0.1, 0.15) is 40.6 Å². The minimum atomic E-state index is -0.528. The van der Waals surface area contributed by atoms with Crippen LogP contribution in [0.2, 0.25) is 0 Å². The lowest BCUT2D eigenvalue weighted by molar-refractivity contribution is -0.118. The van der Waals surface area contributed by atoms with Crippen LogP contribution in [0.5, 0.6) is 0 Å². The minimum absolute atomic E-state index is 0.0535. The predicted molar refractivity (Wildman–Crippen MR) is 118 cm³/mol. The summed E-state index contributed by atoms with van der Waals surface area (Å²) in [6.45, 7) is 3.08. The third kappa shape index (κ3) is 5.19. The topological polar surface area (TPSA) is 87.5 Å². The smallest absolute Gasteiger partial charge is 0.253 e. The molecule has 2 amide bonds. The number of anilines is 1. The summed E-state index contributed by atoms with van der Waals surface area (Å²) in [6.07, 6.45) is 1.55. The summed E-state index contributed by atoms with van der Waals surface area (Å²) in [6, 6.07) is 20.2. The first-order valence-corrected chi connectivity index (χ1v) is 10.5. The number of rotatable bonds is 6. The van der Waals surface area contributed by atoms with Gasteiger partial charge in [-0.05, 0) is 37.5 Å². The molecule has 2 heterocycles. The van der Waals surface area contributed by atoms with Gasteiger partial charge in [0, 0.05) is 30.8 Å². The van der Waals surface area contributed by atoms with Gasteiger partial charge in [0.2, 0.25) is 5.91 Å². The van der Waals surface area contributed by atoms with Gasteiger partial charge in [-0.25, -0.2) is 0 Å². The molecule has 2 N–H and O–H groups in total. The molecule has 0 aliphatic carbocycles. The zero-order valence-corrected chi connectivity index (χ0v) is 17.5. The van der Waals surface area contributed by atoms with E-state index in [1.165, 1.54) is 0 Å². The molecule has 1 unspecified atom stereocenters. The molecule has 7 nitrogen and oxygen atoms in total. The van der Waals surface area contributed by atoms with E-state index in [2.05, 4.69) is 15.8 Å². The normalized spacial score (nSPS) is 15.5. The number of nitrogens with one attached hydrogen (secondary N) is 2. The number of benzene rings is 2. The Balaban J connectivity index is 1.41. The van der Waals surface area contributed by atoms with E-state index >= 15 is 0 Å². The summed E-state index contributed by atoms with van der Waals surface area (Å²) >= 11 is 0. The molecule has 0 spiro atoms. The highest BCUT2D eigenvalue weighted by Crippen LogP contribution is 2.21. The SMILES string of the molecule is Cc1cc(NC(=O)C(NC2CCN(C(=O)c3ccccc3)CC2)c2ccccc2)no1. The van der Waals surface area contributed by atoms with Gasteiger partial charge in [-0.15, -0.1) is 0 Å². The molecule has 160 valence electrons. The molecule has 4 rings (SSSR count). The Labute approximate surface area is 181 Å². The van der Waals surface area contributed by atoms with Crippen molar-refractivity contribution >= 4 is 17.6 Å². The van der Waals surface area contributed by atoms with Crippen LogP contribution in [0.4, 0.5) is 5.82 Å². The fourth-order valence-electron chi connectivity index (χ4n) is 3.84. The molecule has 0 saturated carbocycles. The summed E-state index contributed by atoms with van der Waals surface area (Å²) in [4.78, 5) is 27.6. The van der Waals surface area contributed by atoms with Crippen molar-refractivity contribution in [1.82, 2.24) is 15.4 Å². The van der Waals surface area contributed by atoms with E-state index < -0.39 is 6.04 Å². The zero-order valence-electron chi connectivity index (χ0n) is 17.5. The number of likely N-dealkylation sites (tertiary alicyclic amines) is 1. The van der Waals surface area contributed by atoms with E-state index in [0.29, 0.717) is 30.2 Å². The number of carbonyl (C=O) groups is 2. The van der Waals surface area contributed by atoms with E-state index in [0.717, 1.165) is 18.4 Å². The van der Waals surface area contributed by atoms with E-state index in [4.69, 9.17) is 4.52 Å². The van der Waals surface area contributed by atoms with Crippen LogP contribution in [0, 0.1) is 6.92 Å². The van der Waals surface area contributed by atoms with Crippen molar-refractivity contribution in [2.75, 3.05) is 18.4 Å². The van der Waals surface area contributed by atoms with Gasteiger partial charge in [0.15, 0.2) is 5.82 Å². The first-order valence-electron chi connectivity index (χ1n) is 10.5. The Hall–Kier alpha value is -3.45. The molecule has 1 aliphatic heterocycles. The second-order valence-electron chi connectivity index (χ2n) is 7.75. The van der Waals surface area contributed by atoms with Crippen molar-refractivity contribution < 1.29 is 14.1 Å². The molecule has 2 aromatic carbocycles. The lowest BCUT2D eigenvalue weighted by Crippen LogP contribution is -2.47. The second-order valence-corrected chi connectivity index (χ2v) is 7.75. The molecule has 1 atom stereocenters. The number of aryl methyl sites for hydroxylation is 1. The molecule has 1 aliphatic rings. The molecule has 1 fully saturated rings. The zero-order chi connectivity index (χ0) is 21.6. The van der Waals surface area contributed by atoms with Gasteiger partial charge in [0.05, 0.1) is 0 Å². The predicted octanol–water partition coefficient (Wildman–Crippen LogP) is 3.56. The van der Waals surface area contributed by atoms with E-state index in [1.807, 2.05) is 65.6 Å². The van der Waals surface area contributed by atoms with Crippen molar-refractivity contribution in [2.24, 2.45) is 0 Å². The number of carbonyl (C=O) groups excluding carboxylic acids is 2. The van der Waals surface area contributed by atoms with E-state index in [9.17, 15) is 9.59 Å². The standard InChI is InChI=1S/C24H26N4O3/c1-17-16-21(27-31-17)26-23(29)22(18-8-4-2-5-9-18)25-20-12-14-28(15-13-20)24(30)19-10-6-3-7-11-19/h2-11,16,20,22,25H,12-15H2,1H3,(H,26,27,29). The first-order chi connectivity index (χ1) is 15.1. The fourth-order valence-corrected chi connectivity index (χ4v) is 3.84. The van der Waals surface area contributed by atoms with Gasteiger partial charge in [-0.2, -0.15) is 0 Å². The molecule has 0 bridgehead atoms. The summed E-state index contributed by atoms with van der Waals surface area (Å²) in [5, 5.41) is 10.2. The Morgan fingerprint density at radius 2 is 1.68 bits per heavy atom. The van der Waals surface area contributed by atoms with Gasteiger partial charge >= 0.3 is 0 Å². The highest BCUT2D eigenvalue weighted by Gasteiger charge is 2.28. The molecule has 3 aromatic rings. The molecular weight excluding hydrogens is 392 g/mol. The maximum Gasteiger partial charge on any atom is 0.253 e. The van der Waals surface area contributed by atoms with Crippen LogP contribution in [0.15, 0.2) is 71.3 Å². The highest BCUT2D eigenvalue weighted by molar-refractivity contribution is 5.95. The maximum atomic E-state index is 13.0. The summed E-state index contributed by atoms with van der Waals surface area (Å²) in [7, 11) is 0. The van der Waals surface area contributed by atoms with Crippen molar-refractivity contribution in [1.29, 1.82) is 0 Å². The average molecular weight is 418 g/mol. The van der Waals surface area contributed by atoms with Gasteiger partial charge in [-0.1, -0.05) is 53.7 Å². The van der Waals surface area contributed by atoms with Crippen LogP contribution in [-0.4, -0.2) is 41.0 Å². The molecule has 1 saturated heterocycles. The monoisotopic (exact) mass is 418 g/mol. The van der Waals surface area contributed by atoms with Gasteiger partial charge < -0.3 is 14.7 Å². The molecular formula is C24H26N4O3. The highest BCUT2D eigenvalue weighted by atomic mass is 16.5. The Morgan fingerprint density at radius 1 is 1.03 bits per heavy atom. The number of hydrogen-bond acceptors (Lipinski definition) is 5. The maximum absolute atomic E-state index is 13.0. The van der Waals surface area contributed by atoms with Crippen LogP contribution in [-0.2, 0) is 4.79 Å². The lowest BCUT2D eigenvalue weighted by Gasteiger charge is -2.34. The Kier molecular flexibility index (Phi) is 6.43. The number of piperidine rings is 1. The molecule has 0 radical (unpaired) electrons.